The molecule has 0 radical (unpaired) electrons. The van der Waals surface area contributed by atoms with E-state index in [0.717, 1.165) is 0 Å². The third-order valence-electron chi connectivity index (χ3n) is 2.76. The standard InChI is InChI=1S/C12H20N2O2S/c1-10(14(2)3)9-13-11-7-5-6-8-12(11)17(4,15)16/h5-8,10,13H,9H2,1-4H3. The summed E-state index contributed by atoms with van der Waals surface area (Å²) in [4.78, 5) is 2.43. The van der Waals surface area contributed by atoms with Gasteiger partial charge in [0, 0.05) is 18.8 Å². The van der Waals surface area contributed by atoms with Crippen LogP contribution in [0.2, 0.25) is 0 Å². The molecule has 0 bridgehead atoms. The van der Waals surface area contributed by atoms with Crippen LogP contribution < -0.4 is 5.32 Å². The minimum Gasteiger partial charge on any atom is -0.382 e. The first-order valence-electron chi connectivity index (χ1n) is 5.51. The molecule has 1 unspecified atom stereocenters. The summed E-state index contributed by atoms with van der Waals surface area (Å²) in [6, 6.07) is 7.31. The van der Waals surface area contributed by atoms with Crippen molar-refractivity contribution in [3.63, 3.8) is 0 Å². The molecule has 1 N–H and O–H groups in total. The Balaban J connectivity index is 2.85. The molecule has 1 rings (SSSR count). The molecule has 0 aromatic heterocycles. The van der Waals surface area contributed by atoms with Gasteiger partial charge in [0.15, 0.2) is 9.84 Å². The minimum atomic E-state index is -3.18. The van der Waals surface area contributed by atoms with Gasteiger partial charge in [-0.3, -0.25) is 0 Å². The highest BCUT2D eigenvalue weighted by atomic mass is 32.2. The van der Waals surface area contributed by atoms with E-state index in [4.69, 9.17) is 0 Å². The monoisotopic (exact) mass is 256 g/mol. The topological polar surface area (TPSA) is 49.4 Å². The zero-order chi connectivity index (χ0) is 13.1. The fourth-order valence-corrected chi connectivity index (χ4v) is 2.24. The lowest BCUT2D eigenvalue weighted by atomic mass is 10.2. The fraction of sp³-hybridized carbons (Fsp3) is 0.500. The summed E-state index contributed by atoms with van der Waals surface area (Å²) < 4.78 is 23.2. The third-order valence-corrected chi connectivity index (χ3v) is 3.91. The number of hydrogen-bond donors (Lipinski definition) is 1. The molecule has 96 valence electrons. The van der Waals surface area contributed by atoms with Gasteiger partial charge in [0.1, 0.15) is 0 Å². The Morgan fingerprint density at radius 3 is 2.41 bits per heavy atom. The lowest BCUT2D eigenvalue weighted by Crippen LogP contribution is -2.31. The molecule has 5 heteroatoms. The van der Waals surface area contributed by atoms with Gasteiger partial charge in [-0.25, -0.2) is 8.42 Å². The van der Waals surface area contributed by atoms with Crippen LogP contribution in [0.15, 0.2) is 29.2 Å². The molecule has 1 aromatic rings. The summed E-state index contributed by atoms with van der Waals surface area (Å²) in [6.45, 7) is 2.79. The van der Waals surface area contributed by atoms with Gasteiger partial charge in [0.2, 0.25) is 0 Å². The van der Waals surface area contributed by atoms with Crippen LogP contribution in [0.5, 0.6) is 0 Å². The first kappa shape index (κ1) is 14.0. The lowest BCUT2D eigenvalue weighted by molar-refractivity contribution is 0.326. The van der Waals surface area contributed by atoms with Crippen molar-refractivity contribution in [3.05, 3.63) is 24.3 Å². The number of sulfone groups is 1. The van der Waals surface area contributed by atoms with Crippen molar-refractivity contribution in [3.8, 4) is 0 Å². The zero-order valence-electron chi connectivity index (χ0n) is 10.8. The summed E-state index contributed by atoms with van der Waals surface area (Å²) in [5.41, 5.74) is 0.670. The quantitative estimate of drug-likeness (QED) is 0.866. The van der Waals surface area contributed by atoms with E-state index in [1.54, 1.807) is 18.2 Å². The molecule has 0 aliphatic heterocycles. The van der Waals surface area contributed by atoms with Gasteiger partial charge in [-0.15, -0.1) is 0 Å². The van der Waals surface area contributed by atoms with E-state index in [0.29, 0.717) is 23.2 Å². The Morgan fingerprint density at radius 1 is 1.29 bits per heavy atom. The van der Waals surface area contributed by atoms with Gasteiger partial charge in [0.25, 0.3) is 0 Å². The van der Waals surface area contributed by atoms with Gasteiger partial charge in [-0.05, 0) is 33.2 Å². The van der Waals surface area contributed by atoms with Crippen LogP contribution in [0.3, 0.4) is 0 Å². The summed E-state index contributed by atoms with van der Waals surface area (Å²) in [5, 5.41) is 3.18. The molecule has 0 spiro atoms. The van der Waals surface area contributed by atoms with E-state index in [-0.39, 0.29) is 0 Å². The molecule has 17 heavy (non-hydrogen) atoms. The van der Waals surface area contributed by atoms with Crippen molar-refractivity contribution in [2.24, 2.45) is 0 Å². The van der Waals surface area contributed by atoms with E-state index in [2.05, 4.69) is 17.1 Å². The maximum Gasteiger partial charge on any atom is 0.177 e. The molecule has 1 atom stereocenters. The second-order valence-corrected chi connectivity index (χ2v) is 6.45. The number of rotatable bonds is 5. The summed E-state index contributed by atoms with van der Waals surface area (Å²) >= 11 is 0. The lowest BCUT2D eigenvalue weighted by Gasteiger charge is -2.21. The number of para-hydroxylation sites is 1. The first-order valence-corrected chi connectivity index (χ1v) is 7.41. The zero-order valence-corrected chi connectivity index (χ0v) is 11.6. The van der Waals surface area contributed by atoms with Crippen molar-refractivity contribution < 1.29 is 8.42 Å². The molecule has 1 aromatic carbocycles. The second-order valence-electron chi connectivity index (χ2n) is 4.46. The van der Waals surface area contributed by atoms with Crippen LogP contribution in [0.1, 0.15) is 6.92 Å². The normalized spacial score (nSPS) is 13.7. The van der Waals surface area contributed by atoms with Gasteiger partial charge in [0.05, 0.1) is 10.6 Å². The number of benzene rings is 1. The highest BCUT2D eigenvalue weighted by molar-refractivity contribution is 7.90. The molecule has 0 saturated carbocycles. The number of hydrogen-bond acceptors (Lipinski definition) is 4. The molecule has 0 fully saturated rings. The predicted octanol–water partition coefficient (Wildman–Crippen LogP) is 1.45. The van der Waals surface area contributed by atoms with E-state index < -0.39 is 9.84 Å². The van der Waals surface area contributed by atoms with E-state index >= 15 is 0 Å². The Labute approximate surface area is 104 Å². The molecule has 4 nitrogen and oxygen atoms in total. The predicted molar refractivity (Wildman–Crippen MR) is 71.2 cm³/mol. The Kier molecular flexibility index (Phi) is 4.54. The van der Waals surface area contributed by atoms with Crippen LogP contribution in [-0.4, -0.2) is 46.3 Å². The summed E-state index contributed by atoms with van der Waals surface area (Å²) in [5.74, 6) is 0. The number of nitrogens with one attached hydrogen (secondary N) is 1. The summed E-state index contributed by atoms with van der Waals surface area (Å²) in [6.07, 6.45) is 1.23. The fourth-order valence-electron chi connectivity index (χ4n) is 1.38. The smallest absolute Gasteiger partial charge is 0.177 e. The van der Waals surface area contributed by atoms with Crippen molar-refractivity contribution in [2.45, 2.75) is 17.9 Å². The van der Waals surface area contributed by atoms with Gasteiger partial charge < -0.3 is 10.2 Å². The minimum absolute atomic E-state index is 0.336. The summed E-state index contributed by atoms with van der Waals surface area (Å²) in [7, 11) is 0.812. The van der Waals surface area contributed by atoms with Crippen LogP contribution in [-0.2, 0) is 9.84 Å². The maximum atomic E-state index is 11.6. The molecular weight excluding hydrogens is 236 g/mol. The van der Waals surface area contributed by atoms with Gasteiger partial charge in [-0.1, -0.05) is 12.1 Å². The third kappa shape index (κ3) is 4.02. The average molecular weight is 256 g/mol. The Bertz CT molecular complexity index is 469. The van der Waals surface area contributed by atoms with E-state index in [1.165, 1.54) is 6.26 Å². The molecule has 0 saturated heterocycles. The molecule has 0 amide bonds. The van der Waals surface area contributed by atoms with Crippen LogP contribution in [0.4, 0.5) is 5.69 Å². The highest BCUT2D eigenvalue weighted by Crippen LogP contribution is 2.20. The average Bonchev–Trinajstić information content (AvgIpc) is 2.24. The molecule has 0 aliphatic carbocycles. The van der Waals surface area contributed by atoms with Crippen molar-refractivity contribution >= 4 is 15.5 Å². The van der Waals surface area contributed by atoms with Crippen LogP contribution in [0, 0.1) is 0 Å². The molecular formula is C12H20N2O2S. The second kappa shape index (κ2) is 5.51. The van der Waals surface area contributed by atoms with Crippen LogP contribution >= 0.6 is 0 Å². The number of anilines is 1. The van der Waals surface area contributed by atoms with Gasteiger partial charge in [-0.2, -0.15) is 0 Å². The van der Waals surface area contributed by atoms with Crippen molar-refractivity contribution in [2.75, 3.05) is 32.2 Å². The largest absolute Gasteiger partial charge is 0.382 e. The number of likely N-dealkylation sites (N-methyl/N-ethyl adjacent to an activating group) is 1. The van der Waals surface area contributed by atoms with Gasteiger partial charge >= 0.3 is 0 Å². The van der Waals surface area contributed by atoms with Crippen molar-refractivity contribution in [1.82, 2.24) is 4.90 Å². The van der Waals surface area contributed by atoms with Crippen LogP contribution in [0.25, 0.3) is 0 Å². The Morgan fingerprint density at radius 2 is 1.88 bits per heavy atom. The van der Waals surface area contributed by atoms with Crippen molar-refractivity contribution in [1.29, 1.82) is 0 Å². The number of nitrogens with zero attached hydrogens (tertiary/aromatic N) is 1. The Hall–Kier alpha value is -1.07. The van der Waals surface area contributed by atoms with E-state index in [1.807, 2.05) is 20.2 Å². The highest BCUT2D eigenvalue weighted by Gasteiger charge is 2.13. The maximum absolute atomic E-state index is 11.6. The SMILES string of the molecule is CC(CNc1ccccc1S(C)(=O)=O)N(C)C. The van der Waals surface area contributed by atoms with E-state index in [9.17, 15) is 8.42 Å². The first-order chi connectivity index (χ1) is 7.82. The molecule has 0 heterocycles. The molecule has 0 aliphatic rings.